The van der Waals surface area contributed by atoms with E-state index in [0.717, 1.165) is 43.9 Å². The van der Waals surface area contributed by atoms with Crippen molar-refractivity contribution in [2.75, 3.05) is 19.7 Å². The van der Waals surface area contributed by atoms with Gasteiger partial charge in [0.1, 0.15) is 5.75 Å². The van der Waals surface area contributed by atoms with Crippen LogP contribution in [-0.2, 0) is 0 Å². The van der Waals surface area contributed by atoms with Crippen molar-refractivity contribution >= 4 is 0 Å². The quantitative estimate of drug-likeness (QED) is 0.858. The number of hydrogen-bond acceptors (Lipinski definition) is 3. The smallest absolute Gasteiger partial charge is 0.119 e. The second kappa shape index (κ2) is 6.92. The van der Waals surface area contributed by atoms with Crippen LogP contribution >= 0.6 is 0 Å². The molecule has 1 atom stereocenters. The summed E-state index contributed by atoms with van der Waals surface area (Å²) in [5.41, 5.74) is 1.00. The lowest BCUT2D eigenvalue weighted by molar-refractivity contribution is 0.0889. The Labute approximate surface area is 116 Å². The van der Waals surface area contributed by atoms with Crippen LogP contribution in [0, 0.1) is 11.8 Å². The molecular formula is C16H25NO2. The predicted octanol–water partition coefficient (Wildman–Crippen LogP) is 2.75. The van der Waals surface area contributed by atoms with Crippen molar-refractivity contribution in [3.63, 3.8) is 0 Å². The third-order valence-corrected chi connectivity index (χ3v) is 3.64. The first-order valence-electron chi connectivity index (χ1n) is 7.28. The Balaban J connectivity index is 1.93. The fourth-order valence-corrected chi connectivity index (χ4v) is 2.46. The Morgan fingerprint density at radius 3 is 2.42 bits per heavy atom. The first-order valence-corrected chi connectivity index (χ1v) is 7.28. The highest BCUT2D eigenvalue weighted by molar-refractivity contribution is 5.28. The number of aliphatic hydroxyl groups excluding tert-OH is 1. The molecule has 0 bridgehead atoms. The lowest BCUT2D eigenvalue weighted by Gasteiger charge is -2.27. The van der Waals surface area contributed by atoms with Gasteiger partial charge in [-0.2, -0.15) is 0 Å². The Bertz CT molecular complexity index is 369. The molecule has 106 valence electrons. The van der Waals surface area contributed by atoms with E-state index in [0.29, 0.717) is 11.8 Å². The molecule has 1 aliphatic rings. The maximum absolute atomic E-state index is 10.4. The minimum absolute atomic E-state index is 0.346. The number of aliphatic hydroxyl groups is 1. The van der Waals surface area contributed by atoms with E-state index in [1.165, 1.54) is 0 Å². The number of hydrogen-bond donors (Lipinski definition) is 2. The summed E-state index contributed by atoms with van der Waals surface area (Å²) in [6.45, 7) is 7.02. The lowest BCUT2D eigenvalue weighted by atomic mass is 9.88. The van der Waals surface area contributed by atoms with E-state index in [1.54, 1.807) is 0 Å². The normalized spacial score (nSPS) is 18.5. The zero-order valence-corrected chi connectivity index (χ0v) is 11.9. The lowest BCUT2D eigenvalue weighted by Crippen LogP contribution is -2.30. The molecule has 1 aromatic carbocycles. The van der Waals surface area contributed by atoms with E-state index >= 15 is 0 Å². The minimum Gasteiger partial charge on any atom is -0.493 e. The van der Waals surface area contributed by atoms with E-state index in [-0.39, 0.29) is 6.10 Å². The van der Waals surface area contributed by atoms with Gasteiger partial charge in [0.2, 0.25) is 0 Å². The predicted molar refractivity (Wildman–Crippen MR) is 77.3 cm³/mol. The maximum atomic E-state index is 10.4. The third kappa shape index (κ3) is 4.22. The van der Waals surface area contributed by atoms with Gasteiger partial charge in [0.05, 0.1) is 12.7 Å². The second-order valence-electron chi connectivity index (χ2n) is 5.81. The molecule has 3 nitrogen and oxygen atoms in total. The van der Waals surface area contributed by atoms with Crippen LogP contribution in [-0.4, -0.2) is 24.8 Å². The average Bonchev–Trinajstić information content (AvgIpc) is 2.46. The Kier molecular flexibility index (Phi) is 5.23. The highest BCUT2D eigenvalue weighted by Crippen LogP contribution is 2.29. The van der Waals surface area contributed by atoms with Crippen LogP contribution in [0.3, 0.4) is 0 Å². The third-order valence-electron chi connectivity index (χ3n) is 3.64. The summed E-state index contributed by atoms with van der Waals surface area (Å²) < 4.78 is 5.66. The highest BCUT2D eigenvalue weighted by Gasteiger charge is 2.22. The molecule has 19 heavy (non-hydrogen) atoms. The molecule has 0 saturated carbocycles. The number of ether oxygens (including phenoxy) is 1. The molecule has 1 saturated heterocycles. The molecule has 1 aliphatic heterocycles. The summed E-state index contributed by atoms with van der Waals surface area (Å²) in [4.78, 5) is 0. The Morgan fingerprint density at radius 1 is 1.21 bits per heavy atom. The van der Waals surface area contributed by atoms with Crippen LogP contribution in [0.15, 0.2) is 24.3 Å². The van der Waals surface area contributed by atoms with Crippen molar-refractivity contribution in [3.05, 3.63) is 29.8 Å². The second-order valence-corrected chi connectivity index (χ2v) is 5.81. The molecule has 3 heteroatoms. The molecule has 1 unspecified atom stereocenters. The molecule has 1 heterocycles. The van der Waals surface area contributed by atoms with Crippen molar-refractivity contribution in [3.8, 4) is 5.75 Å². The van der Waals surface area contributed by atoms with Crippen LogP contribution in [0.4, 0.5) is 0 Å². The fraction of sp³-hybridized carbons (Fsp3) is 0.625. The molecule has 0 aromatic heterocycles. The minimum atomic E-state index is -0.346. The van der Waals surface area contributed by atoms with Crippen molar-refractivity contribution < 1.29 is 9.84 Å². The van der Waals surface area contributed by atoms with Gasteiger partial charge < -0.3 is 15.2 Å². The van der Waals surface area contributed by atoms with Crippen LogP contribution in [0.1, 0.15) is 38.4 Å². The van der Waals surface area contributed by atoms with Crippen molar-refractivity contribution in [1.82, 2.24) is 5.32 Å². The zero-order valence-electron chi connectivity index (χ0n) is 11.9. The van der Waals surface area contributed by atoms with Gasteiger partial charge in [0, 0.05) is 0 Å². The van der Waals surface area contributed by atoms with E-state index in [2.05, 4.69) is 19.2 Å². The molecule has 1 aromatic rings. The number of piperidine rings is 1. The summed E-state index contributed by atoms with van der Waals surface area (Å²) >= 11 is 0. The van der Waals surface area contributed by atoms with Gasteiger partial charge in [0.25, 0.3) is 0 Å². The molecular weight excluding hydrogens is 238 g/mol. The molecule has 0 aliphatic carbocycles. The van der Waals surface area contributed by atoms with Crippen LogP contribution in [0.2, 0.25) is 0 Å². The van der Waals surface area contributed by atoms with Gasteiger partial charge in [-0.05, 0) is 55.5 Å². The van der Waals surface area contributed by atoms with E-state index in [1.807, 2.05) is 24.3 Å². The van der Waals surface area contributed by atoms with Crippen LogP contribution < -0.4 is 10.1 Å². The standard InChI is InChI=1S/C16H25NO2/c1-12(2)11-19-15-5-3-13(4-6-15)16(18)14-7-9-17-10-8-14/h3-6,12,14,16-18H,7-11H2,1-2H3. The molecule has 0 radical (unpaired) electrons. The summed E-state index contributed by atoms with van der Waals surface area (Å²) in [7, 11) is 0. The van der Waals surface area contributed by atoms with E-state index in [9.17, 15) is 5.11 Å². The monoisotopic (exact) mass is 263 g/mol. The Morgan fingerprint density at radius 2 is 1.84 bits per heavy atom. The molecule has 0 amide bonds. The van der Waals surface area contributed by atoms with Gasteiger partial charge in [-0.15, -0.1) is 0 Å². The first-order chi connectivity index (χ1) is 9.16. The first kappa shape index (κ1) is 14.4. The Hall–Kier alpha value is -1.06. The van der Waals surface area contributed by atoms with Crippen LogP contribution in [0.25, 0.3) is 0 Å². The SMILES string of the molecule is CC(C)COc1ccc(C(O)C2CCNCC2)cc1. The van der Waals surface area contributed by atoms with E-state index < -0.39 is 0 Å². The summed E-state index contributed by atoms with van der Waals surface area (Å²) in [5.74, 6) is 1.79. The fourth-order valence-electron chi connectivity index (χ4n) is 2.46. The molecule has 1 fully saturated rings. The molecule has 0 spiro atoms. The van der Waals surface area contributed by atoms with Gasteiger partial charge >= 0.3 is 0 Å². The summed E-state index contributed by atoms with van der Waals surface area (Å²) in [6, 6.07) is 7.90. The topological polar surface area (TPSA) is 41.5 Å². The van der Waals surface area contributed by atoms with Gasteiger partial charge in [-0.3, -0.25) is 0 Å². The van der Waals surface area contributed by atoms with Crippen molar-refractivity contribution in [2.45, 2.75) is 32.8 Å². The van der Waals surface area contributed by atoms with Gasteiger partial charge in [-0.1, -0.05) is 26.0 Å². The van der Waals surface area contributed by atoms with Crippen molar-refractivity contribution in [2.24, 2.45) is 11.8 Å². The van der Waals surface area contributed by atoms with Gasteiger partial charge in [-0.25, -0.2) is 0 Å². The van der Waals surface area contributed by atoms with Crippen molar-refractivity contribution in [1.29, 1.82) is 0 Å². The van der Waals surface area contributed by atoms with Gasteiger partial charge in [0.15, 0.2) is 0 Å². The summed E-state index contributed by atoms with van der Waals surface area (Å²) in [5, 5.41) is 13.7. The average molecular weight is 263 g/mol. The molecule has 2 N–H and O–H groups in total. The largest absolute Gasteiger partial charge is 0.493 e. The van der Waals surface area contributed by atoms with Crippen LogP contribution in [0.5, 0.6) is 5.75 Å². The summed E-state index contributed by atoms with van der Waals surface area (Å²) in [6.07, 6.45) is 1.75. The zero-order chi connectivity index (χ0) is 13.7. The number of nitrogens with one attached hydrogen (secondary N) is 1. The highest BCUT2D eigenvalue weighted by atomic mass is 16.5. The molecule has 2 rings (SSSR count). The number of rotatable bonds is 5. The number of benzene rings is 1. The van der Waals surface area contributed by atoms with E-state index in [4.69, 9.17) is 4.74 Å². The maximum Gasteiger partial charge on any atom is 0.119 e.